The zero-order valence-corrected chi connectivity index (χ0v) is 92.3. The van der Waals surface area contributed by atoms with Gasteiger partial charge in [-0.1, -0.05) is 317 Å². The Hall–Kier alpha value is -11.9. The lowest BCUT2D eigenvalue weighted by atomic mass is 10.0. The van der Waals surface area contributed by atoms with E-state index in [1.165, 1.54) is 43.5 Å². The summed E-state index contributed by atoms with van der Waals surface area (Å²) in [7, 11) is 13.8. The molecule has 4 fully saturated rings. The number of aliphatic hydroxyl groups excluding tert-OH is 1. The normalized spacial score (nSPS) is 13.4. The number of likely N-dealkylation sites (N-methyl/N-ethyl adjacent to an activating group) is 2. The molecular formula is C122H192N12O6. The highest BCUT2D eigenvalue weighted by atomic mass is 16.5. The summed E-state index contributed by atoms with van der Waals surface area (Å²) < 4.78 is 5.83. The lowest BCUT2D eigenvalue weighted by Crippen LogP contribution is -2.43. The van der Waals surface area contributed by atoms with Crippen molar-refractivity contribution in [2.24, 2.45) is 0 Å². The number of benzene rings is 7. The molecule has 1 amide bonds. The van der Waals surface area contributed by atoms with Crippen LogP contribution in [0.15, 0.2) is 237 Å². The monoisotopic (exact) mass is 1930 g/mol. The van der Waals surface area contributed by atoms with Crippen molar-refractivity contribution in [3.63, 3.8) is 0 Å². The second-order valence-electron chi connectivity index (χ2n) is 29.3. The molecule has 0 radical (unpaired) electrons. The number of ketones is 3. The molecule has 5 heterocycles. The van der Waals surface area contributed by atoms with Gasteiger partial charge >= 0.3 is 0 Å². The van der Waals surface area contributed by atoms with Crippen LogP contribution in [-0.2, 0) is 38.9 Å². The van der Waals surface area contributed by atoms with Crippen LogP contribution in [0.3, 0.4) is 0 Å². The van der Waals surface area contributed by atoms with Crippen LogP contribution in [0.25, 0.3) is 0 Å². The van der Waals surface area contributed by atoms with Crippen LogP contribution >= 0.6 is 0 Å². The third-order valence-corrected chi connectivity index (χ3v) is 19.9. The first-order chi connectivity index (χ1) is 68.6. The highest BCUT2D eigenvalue weighted by Crippen LogP contribution is 2.22. The number of nitrogens with zero attached hydrogens (tertiary/aromatic N) is 7. The number of pyridine rings is 1. The van der Waals surface area contributed by atoms with E-state index in [4.69, 9.17) is 4.74 Å². The maximum Gasteiger partial charge on any atom is 0.255 e. The number of hydrogen-bond donors (Lipinski definition) is 6. The maximum absolute atomic E-state index is 12.7. The first-order valence-corrected chi connectivity index (χ1v) is 52.0. The van der Waals surface area contributed by atoms with Crippen molar-refractivity contribution < 1.29 is 34.7 Å². The Bertz CT molecular complexity index is 4870. The Balaban J connectivity index is -0.000000264. The van der Waals surface area contributed by atoms with Crippen LogP contribution in [0.1, 0.15) is 295 Å². The summed E-state index contributed by atoms with van der Waals surface area (Å²) in [5.74, 6) is 24.8. The third kappa shape index (κ3) is 60.2. The van der Waals surface area contributed by atoms with Gasteiger partial charge in [-0.2, -0.15) is 0 Å². The van der Waals surface area contributed by atoms with Crippen LogP contribution in [-0.4, -0.2) is 203 Å². The van der Waals surface area contributed by atoms with Crippen molar-refractivity contribution in [2.75, 3.05) is 133 Å². The molecule has 4 aliphatic heterocycles. The van der Waals surface area contributed by atoms with Gasteiger partial charge < -0.3 is 46.2 Å². The number of hydrogen-bond acceptors (Lipinski definition) is 17. The highest BCUT2D eigenvalue weighted by Gasteiger charge is 2.25. The van der Waals surface area contributed by atoms with Gasteiger partial charge in [0.15, 0.2) is 17.3 Å². The van der Waals surface area contributed by atoms with Crippen LogP contribution in [0, 0.1) is 47.4 Å². The molecule has 7 aromatic carbocycles. The van der Waals surface area contributed by atoms with Gasteiger partial charge in [-0.25, -0.2) is 4.98 Å². The summed E-state index contributed by atoms with van der Waals surface area (Å²) in [5.41, 5.74) is 13.2. The molecule has 6 N–H and O–H groups in total. The molecule has 4 saturated heterocycles. The van der Waals surface area contributed by atoms with E-state index in [1.807, 2.05) is 309 Å². The van der Waals surface area contributed by atoms with E-state index in [-0.39, 0.29) is 35.1 Å². The number of amides is 1. The van der Waals surface area contributed by atoms with Gasteiger partial charge in [0, 0.05) is 238 Å². The molecule has 0 aliphatic carbocycles. The Morgan fingerprint density at radius 2 is 0.750 bits per heavy atom. The second kappa shape index (κ2) is 92.1. The van der Waals surface area contributed by atoms with Crippen molar-refractivity contribution in [1.29, 1.82) is 0 Å². The zero-order chi connectivity index (χ0) is 106. The van der Waals surface area contributed by atoms with Gasteiger partial charge in [0.2, 0.25) is 0 Å². The fraction of sp³-hybridized carbons (Fsp3) is 0.451. The predicted octanol–water partition coefficient (Wildman–Crippen LogP) is 25.2. The molecule has 18 nitrogen and oxygen atoms in total. The summed E-state index contributed by atoms with van der Waals surface area (Å²) in [6.07, 6.45) is 21.2. The lowest BCUT2D eigenvalue weighted by Gasteiger charge is -2.32. The maximum atomic E-state index is 12.7. The molecule has 12 rings (SSSR count). The summed E-state index contributed by atoms with van der Waals surface area (Å²) in [6, 6.07) is 59.0. The van der Waals surface area contributed by atoms with Crippen molar-refractivity contribution in [3.05, 3.63) is 315 Å². The number of ether oxygens (including phenoxy) is 1. The number of aromatic nitrogens is 1. The van der Waals surface area contributed by atoms with Crippen molar-refractivity contribution in [1.82, 2.24) is 55.7 Å². The summed E-state index contributed by atoms with van der Waals surface area (Å²) in [4.78, 5) is 69.0. The van der Waals surface area contributed by atoms with E-state index in [0.29, 0.717) is 72.1 Å². The number of carbonyl (C=O) groups is 4. The Kier molecular flexibility index (Phi) is 88.4. The molecule has 8 aromatic rings. The third-order valence-electron chi connectivity index (χ3n) is 19.9. The van der Waals surface area contributed by atoms with Gasteiger partial charge in [0.1, 0.15) is 18.1 Å². The number of anilines is 1. The zero-order valence-electron chi connectivity index (χ0n) is 92.3. The first-order valence-electron chi connectivity index (χ1n) is 52.0. The molecular weight excluding hydrogens is 1730 g/mol. The Morgan fingerprint density at radius 1 is 0.400 bits per heavy atom. The average molecular weight is 1930 g/mol. The minimum atomic E-state index is -0.223. The van der Waals surface area contributed by atoms with E-state index in [0.717, 1.165) is 123 Å². The van der Waals surface area contributed by atoms with Gasteiger partial charge in [-0.05, 0) is 172 Å². The lowest BCUT2D eigenvalue weighted by molar-refractivity contribution is 0.0984. The molecule has 0 unspecified atom stereocenters. The van der Waals surface area contributed by atoms with E-state index < -0.39 is 0 Å². The molecule has 18 heteroatoms. The highest BCUT2D eigenvalue weighted by molar-refractivity contribution is 6.04. The quantitative estimate of drug-likeness (QED) is 0.0222. The second-order valence-corrected chi connectivity index (χ2v) is 29.3. The molecule has 776 valence electrons. The Morgan fingerprint density at radius 3 is 1.11 bits per heavy atom. The number of Topliss-reactive ketones (excluding diaryl/α,β-unsaturated/α-hetero) is 3. The largest absolute Gasteiger partial charge is 0.492 e. The number of piperazine rings is 1. The number of aliphatic hydroxyl groups is 1. The van der Waals surface area contributed by atoms with Gasteiger partial charge in [-0.3, -0.25) is 38.8 Å². The molecule has 0 bridgehead atoms. The van der Waals surface area contributed by atoms with E-state index in [1.54, 1.807) is 74.5 Å². The van der Waals surface area contributed by atoms with Gasteiger partial charge in [0.25, 0.3) is 5.91 Å². The summed E-state index contributed by atoms with van der Waals surface area (Å²) in [5, 5.41) is 24.0. The topological polar surface area (TPSA) is 190 Å². The van der Waals surface area contributed by atoms with Crippen LogP contribution in [0.4, 0.5) is 5.69 Å². The minimum Gasteiger partial charge on any atom is -0.492 e. The SMILES string of the molecule is CC.CC.CC.CC.CC.CC.CC.CC.CC.CC.CC.CC.CN/C=C/C#Cc1cc(NC(=O)c2ccc(CN3CC[C@@H](O)C3)cc2)ccn1.CN/C=C/C#Cc1cccc(C(=O)Cc2ccc(CN3CCN(C)CC3)cc2)c1.CN/C=C/C#Cc1cccc(C(=O)Cc2ccc(CN3CC[C@@H](N(C)C)C3)cc2)c1.CN/C=C/C#Cc1cccc(C(=O)Cc2ccc(OCCN3CCCC3)cc2)c1.[3HH].[3HH].[3HH].[3HH]. The number of allylic oxidation sites excluding steroid dienone is 4. The van der Waals surface area contributed by atoms with Gasteiger partial charge in [0.05, 0.1) is 6.10 Å². The number of likely N-dealkylation sites (tertiary alicyclic amines) is 3. The van der Waals surface area contributed by atoms with E-state index in [2.05, 4.69) is 178 Å². The first kappa shape index (κ1) is 134. The fourth-order valence-electron chi connectivity index (χ4n) is 13.3. The van der Waals surface area contributed by atoms with Crippen molar-refractivity contribution >= 4 is 28.9 Å². The summed E-state index contributed by atoms with van der Waals surface area (Å²) in [6.45, 7) is 63.1. The van der Waals surface area contributed by atoms with Crippen molar-refractivity contribution in [3.8, 4) is 53.1 Å². The van der Waals surface area contributed by atoms with Crippen LogP contribution in [0.2, 0.25) is 0 Å². The minimum absolute atomic E-state index is 0. The number of carbonyl (C=O) groups excluding carboxylic acids is 4. The predicted molar refractivity (Wildman–Crippen MR) is 614 cm³/mol. The van der Waals surface area contributed by atoms with Crippen LogP contribution < -0.4 is 31.3 Å². The average Bonchev–Trinajstić information content (AvgIpc) is 1.86. The van der Waals surface area contributed by atoms with Crippen molar-refractivity contribution in [2.45, 2.75) is 243 Å². The summed E-state index contributed by atoms with van der Waals surface area (Å²) >= 11 is 0. The molecule has 1 aromatic heterocycles. The van der Waals surface area contributed by atoms with E-state index >= 15 is 0 Å². The fourth-order valence-corrected chi connectivity index (χ4v) is 13.3. The molecule has 0 saturated carbocycles. The molecule has 0 spiro atoms. The molecule has 2 atom stereocenters. The number of β-amino-alcohol motifs (C(OH)–C–C–N with tert-alkyl or cyclic N) is 1. The number of rotatable bonds is 26. The standard InChI is InChI=1S/C26H31N3O.C25H29N3O.C25H28N2O2.C22H24N4O2.12C2H6.4H2/c1-27-15-5-4-7-21-8-6-9-24(17-21)26(30)18-22-10-12-23(13-11-22)19-29-16-14-25(20-29)28(2)3;1-26-13-4-3-6-21-7-5-8-24(18-21)25(29)19-22-9-11-23(12-10-22)20-28-16-14-27(2)15-17-28;1-26-14-3-2-7-21-8-6-9-23(19-21)25(28)20-22-10-12-24(13-11-22)29-18-17-27-15-4-5-16-27;1-23-11-3-2-4-19-14-20(9-12-24-19)25-22(28)18-7-5-17(6-8-18)15-26-13-10-21(27)16-26;12*1-2;;;;/h5-6,8-13,15,17,25,27H,14,16,18-20H2,1-3H3;4-5,7-13,18,26H,14-17,19-20H2,1-2H3;3,6,8-14,19,26H,4-5,15-18,20H2,1H3;3,5-9,11-12,14,21,23,27H,10,13,15-16H2,1H3,(H,24,25,28);12*1-2H3;4*1H/b15-5+;13-4+;14-3+;11-3+;;;;;;;;;;;;;;;;/t25-;;;21-;;;;;;;;;;;;;;;;/m1..1................/s1/i;;;;;;;;;;;;;;;;4*1+2. The van der Waals surface area contributed by atoms with Gasteiger partial charge in [-0.15, -0.1) is 0 Å². The number of nitrogens with one attached hydrogen (secondary N) is 5. The smallest absolute Gasteiger partial charge is 0.255 e. The molecule has 4 aliphatic rings. The molecule has 140 heavy (non-hydrogen) atoms. The van der Waals surface area contributed by atoms with E-state index in [9.17, 15) is 24.3 Å². The Labute approximate surface area is 859 Å². The van der Waals surface area contributed by atoms with Crippen LogP contribution in [0.5, 0.6) is 5.75 Å².